The molecule has 186 valence electrons. The molecule has 0 fully saturated rings. The van der Waals surface area contributed by atoms with E-state index in [1.165, 1.54) is 10.5 Å². The predicted molar refractivity (Wildman–Crippen MR) is 145 cm³/mol. The van der Waals surface area contributed by atoms with E-state index in [-0.39, 0.29) is 23.8 Å². The van der Waals surface area contributed by atoms with Crippen LogP contribution in [0, 0.1) is 0 Å². The third-order valence-corrected chi connectivity index (χ3v) is 8.99. The van der Waals surface area contributed by atoms with Gasteiger partial charge < -0.3 is 9.64 Å². The van der Waals surface area contributed by atoms with Crippen LogP contribution in [-0.2, 0) is 21.5 Å². The fraction of sp³-hybridized carbons (Fsp3) is 0.312. The molecule has 0 aromatic heterocycles. The molecule has 1 unspecified atom stereocenters. The van der Waals surface area contributed by atoms with Crippen LogP contribution >= 0.6 is 0 Å². The molecule has 0 radical (unpaired) electrons. The molecule has 0 bridgehead atoms. The van der Waals surface area contributed by atoms with Crippen LogP contribution in [0.4, 0.5) is 5.69 Å². The minimum atomic E-state index is -0.739. The molecule has 1 aliphatic carbocycles. The number of nitrogens with zero attached hydrogens (tertiary/aromatic N) is 2. The maximum atomic E-state index is 13.3. The number of carbonyl (C=O) groups is 2. The van der Waals surface area contributed by atoms with Gasteiger partial charge in [0.25, 0.3) is 11.8 Å². The Hall–Kier alpha value is -3.86. The second-order valence-electron chi connectivity index (χ2n) is 11.2. The summed E-state index contributed by atoms with van der Waals surface area (Å²) in [5.74, 6) is 0.487. The number of anilines is 1. The van der Waals surface area contributed by atoms with Crippen LogP contribution in [-0.4, -0.2) is 29.5 Å². The first-order chi connectivity index (χ1) is 17.8. The van der Waals surface area contributed by atoms with Gasteiger partial charge in [0, 0.05) is 35.0 Å². The second kappa shape index (κ2) is 7.58. The Morgan fingerprint density at radius 2 is 1.59 bits per heavy atom. The van der Waals surface area contributed by atoms with Gasteiger partial charge in [0.2, 0.25) is 5.72 Å². The Labute approximate surface area is 217 Å². The SMILES string of the molecule is CN1c2ccccc2C(C)(C)C12C=Cc1c(c(CN3C(=O)C4=C(CCCC4)C3=O)cc3ccccc13)O2. The first-order valence-corrected chi connectivity index (χ1v) is 13.2. The van der Waals surface area contributed by atoms with Crippen molar-refractivity contribution in [2.45, 2.75) is 57.2 Å². The highest BCUT2D eigenvalue weighted by molar-refractivity contribution is 6.19. The number of para-hydroxylation sites is 1. The third kappa shape index (κ3) is 2.85. The Bertz CT molecular complexity index is 1550. The zero-order chi connectivity index (χ0) is 25.5. The van der Waals surface area contributed by atoms with E-state index in [2.05, 4.69) is 80.4 Å². The third-order valence-electron chi connectivity index (χ3n) is 8.99. The van der Waals surface area contributed by atoms with Gasteiger partial charge in [-0.25, -0.2) is 0 Å². The van der Waals surface area contributed by atoms with E-state index in [1.807, 2.05) is 12.1 Å². The molecule has 1 atom stereocenters. The average Bonchev–Trinajstić information content (AvgIpc) is 3.25. The van der Waals surface area contributed by atoms with Gasteiger partial charge in [0.05, 0.1) is 12.0 Å². The largest absolute Gasteiger partial charge is 0.462 e. The van der Waals surface area contributed by atoms with E-state index >= 15 is 0 Å². The number of hydrogen-bond donors (Lipinski definition) is 0. The molecule has 5 nitrogen and oxygen atoms in total. The van der Waals surface area contributed by atoms with E-state index in [0.717, 1.165) is 57.3 Å². The second-order valence-corrected chi connectivity index (χ2v) is 11.2. The lowest BCUT2D eigenvalue weighted by Gasteiger charge is -2.46. The van der Waals surface area contributed by atoms with E-state index < -0.39 is 5.72 Å². The standard InChI is InChI=1S/C32H30N2O3/c1-31(2)26-14-8-9-15-27(26)33(3)32(31)17-16-23-22-11-5-4-10-20(22)18-21(28(23)37-32)19-34-29(35)24-12-6-7-13-25(24)30(34)36/h4-5,8-11,14-18H,6-7,12-13,19H2,1-3H3. The van der Waals surface area contributed by atoms with Crippen molar-refractivity contribution in [2.24, 2.45) is 0 Å². The highest BCUT2D eigenvalue weighted by atomic mass is 16.5. The number of ether oxygens (including phenoxy) is 1. The summed E-state index contributed by atoms with van der Waals surface area (Å²) in [6.45, 7) is 4.65. The van der Waals surface area contributed by atoms with Crippen LogP contribution in [0.3, 0.4) is 0 Å². The van der Waals surface area contributed by atoms with Gasteiger partial charge in [-0.1, -0.05) is 42.5 Å². The maximum Gasteiger partial charge on any atom is 0.257 e. The Balaban J connectivity index is 1.37. The van der Waals surface area contributed by atoms with Crippen LogP contribution in [0.25, 0.3) is 16.8 Å². The molecule has 2 amide bonds. The molecular weight excluding hydrogens is 460 g/mol. The summed E-state index contributed by atoms with van der Waals surface area (Å²) < 4.78 is 7.11. The Morgan fingerprint density at radius 3 is 2.32 bits per heavy atom. The summed E-state index contributed by atoms with van der Waals surface area (Å²) in [6.07, 6.45) is 7.69. The molecule has 3 aliphatic heterocycles. The summed E-state index contributed by atoms with van der Waals surface area (Å²) in [7, 11) is 2.08. The molecule has 1 spiro atoms. The molecule has 3 heterocycles. The van der Waals surface area contributed by atoms with Crippen molar-refractivity contribution in [3.8, 4) is 5.75 Å². The van der Waals surface area contributed by atoms with Gasteiger partial charge in [0.1, 0.15) is 5.75 Å². The number of imide groups is 1. The van der Waals surface area contributed by atoms with E-state index in [9.17, 15) is 9.59 Å². The van der Waals surface area contributed by atoms with Gasteiger partial charge in [-0.3, -0.25) is 14.5 Å². The normalized spacial score (nSPS) is 23.5. The molecule has 4 aliphatic rings. The van der Waals surface area contributed by atoms with E-state index in [0.29, 0.717) is 12.8 Å². The van der Waals surface area contributed by atoms with Crippen LogP contribution in [0.2, 0.25) is 0 Å². The molecule has 7 rings (SSSR count). The number of amides is 2. The van der Waals surface area contributed by atoms with Gasteiger partial charge in [0.15, 0.2) is 0 Å². The minimum absolute atomic E-state index is 0.131. The fourth-order valence-electron chi connectivity index (χ4n) is 6.92. The zero-order valence-electron chi connectivity index (χ0n) is 21.5. The van der Waals surface area contributed by atoms with Crippen molar-refractivity contribution < 1.29 is 14.3 Å². The summed E-state index contributed by atoms with van der Waals surface area (Å²) in [5.41, 5.74) is 4.59. The number of hydrogen-bond acceptors (Lipinski definition) is 4. The highest BCUT2D eigenvalue weighted by Gasteiger charge is 2.58. The topological polar surface area (TPSA) is 49.9 Å². The predicted octanol–water partition coefficient (Wildman–Crippen LogP) is 6.11. The Kier molecular flexibility index (Phi) is 4.58. The van der Waals surface area contributed by atoms with Crippen LogP contribution in [0.1, 0.15) is 56.2 Å². The molecule has 0 N–H and O–H groups in total. The van der Waals surface area contributed by atoms with Crippen molar-refractivity contribution in [3.63, 3.8) is 0 Å². The molecule has 37 heavy (non-hydrogen) atoms. The number of carbonyl (C=O) groups excluding carboxylic acids is 2. The lowest BCUT2D eigenvalue weighted by molar-refractivity contribution is -0.138. The zero-order valence-corrected chi connectivity index (χ0v) is 21.5. The van der Waals surface area contributed by atoms with Gasteiger partial charge >= 0.3 is 0 Å². The maximum absolute atomic E-state index is 13.3. The minimum Gasteiger partial charge on any atom is -0.462 e. The summed E-state index contributed by atoms with van der Waals surface area (Å²) in [4.78, 5) is 30.3. The highest BCUT2D eigenvalue weighted by Crippen LogP contribution is 2.55. The summed E-state index contributed by atoms with van der Waals surface area (Å²) >= 11 is 0. The van der Waals surface area contributed by atoms with Gasteiger partial charge in [-0.15, -0.1) is 0 Å². The van der Waals surface area contributed by atoms with E-state index in [1.54, 1.807) is 0 Å². The van der Waals surface area contributed by atoms with Crippen LogP contribution < -0.4 is 9.64 Å². The number of fused-ring (bicyclic) bond motifs is 4. The van der Waals surface area contributed by atoms with Crippen molar-refractivity contribution >= 4 is 34.4 Å². The first kappa shape index (κ1) is 22.3. The molecule has 3 aromatic carbocycles. The molecule has 3 aromatic rings. The van der Waals surface area contributed by atoms with Crippen molar-refractivity contribution in [1.82, 2.24) is 4.90 Å². The molecule has 0 saturated heterocycles. The van der Waals surface area contributed by atoms with E-state index in [4.69, 9.17) is 4.74 Å². The smallest absolute Gasteiger partial charge is 0.257 e. The lowest BCUT2D eigenvalue weighted by atomic mass is 9.76. The molecular formula is C32H30N2O3. The van der Waals surface area contributed by atoms with Crippen molar-refractivity contribution in [1.29, 1.82) is 0 Å². The average molecular weight is 491 g/mol. The number of rotatable bonds is 2. The number of likely N-dealkylation sites (N-methyl/N-ethyl adjacent to an activating group) is 1. The first-order valence-electron chi connectivity index (χ1n) is 13.2. The summed E-state index contributed by atoms with van der Waals surface area (Å²) in [6, 6.07) is 18.8. The monoisotopic (exact) mass is 490 g/mol. The van der Waals surface area contributed by atoms with Gasteiger partial charge in [-0.05, 0) is 80.2 Å². The fourth-order valence-corrected chi connectivity index (χ4v) is 6.92. The quantitative estimate of drug-likeness (QED) is 0.407. The number of benzene rings is 3. The molecule has 0 saturated carbocycles. The van der Waals surface area contributed by atoms with Crippen molar-refractivity contribution in [3.05, 3.63) is 88.5 Å². The van der Waals surface area contributed by atoms with Gasteiger partial charge in [-0.2, -0.15) is 0 Å². The Morgan fingerprint density at radius 1 is 0.919 bits per heavy atom. The summed E-state index contributed by atoms with van der Waals surface area (Å²) in [5, 5.41) is 2.17. The lowest BCUT2D eigenvalue weighted by Crippen LogP contribution is -2.58. The molecule has 5 heteroatoms. The van der Waals surface area contributed by atoms with Crippen LogP contribution in [0.5, 0.6) is 5.75 Å². The van der Waals surface area contributed by atoms with Crippen LogP contribution in [0.15, 0.2) is 71.8 Å². The van der Waals surface area contributed by atoms with Crippen molar-refractivity contribution in [2.75, 3.05) is 11.9 Å².